The van der Waals surface area contributed by atoms with Gasteiger partial charge in [-0.05, 0) is 122 Å². The Labute approximate surface area is 298 Å². The van der Waals surface area contributed by atoms with Crippen LogP contribution >= 0.6 is 0 Å². The molecule has 1 unspecified atom stereocenters. The highest BCUT2D eigenvalue weighted by molar-refractivity contribution is 6.20. The Morgan fingerprint density at radius 3 is 1.81 bits per heavy atom. The number of rotatable bonds is 6. The summed E-state index contributed by atoms with van der Waals surface area (Å²) >= 11 is 0. The number of amides is 5. The van der Waals surface area contributed by atoms with E-state index < -0.39 is 46.5 Å². The number of urea groups is 1. The number of ether oxygens (including phenoxy) is 1. The highest BCUT2D eigenvalue weighted by Crippen LogP contribution is 2.30. The highest BCUT2D eigenvalue weighted by atomic mass is 16.5. The summed E-state index contributed by atoms with van der Waals surface area (Å²) in [5, 5.41) is 7.57. The van der Waals surface area contributed by atoms with Gasteiger partial charge < -0.3 is 20.7 Å². The Morgan fingerprint density at radius 2 is 1.36 bits per heavy atom. The van der Waals surface area contributed by atoms with Crippen molar-refractivity contribution in [2.75, 3.05) is 17.7 Å². The summed E-state index contributed by atoms with van der Waals surface area (Å²) in [6.07, 6.45) is 0. The molecule has 1 aromatic carbocycles. The number of methoxy groups -OCH3 is 1. The standard InChI is InChI=1S/C37H28N4O6.16H2/c1-8-9-10-11-12-13-14-15-16-17-18-19-20-21-22-23-30(42)38-27-24-25-29(47-7)28(26-27)39-33(44)31(32(43)36(2,3)4)41-34(45)37(5,6)40-35(41)46;;;;;;;;;;;;;;;;/h24-26,31H,1-7H3,(H,38,42)(H,39,44)(H,40,46);16*1H. The van der Waals surface area contributed by atoms with Crippen LogP contribution in [-0.4, -0.2) is 53.1 Å². The van der Waals surface area contributed by atoms with Crippen LogP contribution in [0.15, 0.2) is 18.2 Å². The summed E-state index contributed by atoms with van der Waals surface area (Å²) < 4.78 is 5.31. The summed E-state index contributed by atoms with van der Waals surface area (Å²) in [7, 11) is 1.35. The molecule has 1 aliphatic heterocycles. The fourth-order valence-electron chi connectivity index (χ4n) is 3.54. The molecule has 0 bridgehead atoms. The van der Waals surface area contributed by atoms with Crippen molar-refractivity contribution < 1.29 is 51.5 Å². The number of nitrogens with one attached hydrogen (secondary N) is 3. The normalized spacial score (nSPS) is 12.2. The monoisotopic (exact) mass is 656 g/mol. The van der Waals surface area contributed by atoms with Gasteiger partial charge in [0.15, 0.2) is 11.8 Å². The van der Waals surface area contributed by atoms with Crippen molar-refractivity contribution >= 4 is 40.9 Å². The lowest BCUT2D eigenvalue weighted by atomic mass is 9.85. The van der Waals surface area contributed by atoms with Gasteiger partial charge in [0.2, 0.25) is 0 Å². The number of carbonyl (C=O) groups excluding carboxylic acids is 5. The SMILES string of the molecule is CC#CC#CC#CC#CC#CC#CC#CC#CC(=O)Nc1ccc(OC)c(NC(=O)C(C(=O)C(C)(C)C)N2C(=O)NC(C)(C)C2=O)c1.[HH].[HH].[HH].[HH].[HH].[HH].[HH].[HH].[HH].[HH].[HH].[HH].[HH].[HH].[HH].[HH]. The van der Waals surface area contributed by atoms with E-state index in [4.69, 9.17) is 4.74 Å². The molecule has 47 heavy (non-hydrogen) atoms. The first-order chi connectivity index (χ1) is 22.2. The van der Waals surface area contributed by atoms with Crippen molar-refractivity contribution in [1.29, 1.82) is 0 Å². The van der Waals surface area contributed by atoms with E-state index in [1.54, 1.807) is 27.7 Å². The number of benzene rings is 1. The van der Waals surface area contributed by atoms with Gasteiger partial charge in [0.25, 0.3) is 11.8 Å². The predicted octanol–water partition coefficient (Wildman–Crippen LogP) is 5.87. The molecule has 1 fully saturated rings. The summed E-state index contributed by atoms with van der Waals surface area (Å²) in [6.45, 7) is 9.31. The van der Waals surface area contributed by atoms with E-state index in [2.05, 4.69) is 111 Å². The fraction of sp³-hybridized carbons (Fsp3) is 0.270. The molecule has 264 valence electrons. The van der Waals surface area contributed by atoms with Crippen LogP contribution < -0.4 is 20.7 Å². The lowest BCUT2D eigenvalue weighted by Crippen LogP contribution is -2.55. The molecule has 0 radical (unpaired) electrons. The zero-order chi connectivity index (χ0) is 35.0. The third-order valence-electron chi connectivity index (χ3n) is 5.71. The van der Waals surface area contributed by atoms with Crippen molar-refractivity contribution in [3.63, 3.8) is 0 Å². The predicted molar refractivity (Wildman–Crippen MR) is 210 cm³/mol. The minimum Gasteiger partial charge on any atom is -0.495 e. The molecule has 1 aliphatic rings. The Kier molecular flexibility index (Phi) is 12.9. The van der Waals surface area contributed by atoms with Crippen LogP contribution in [0, 0.1) is 100 Å². The van der Waals surface area contributed by atoms with Crippen LogP contribution in [0.2, 0.25) is 0 Å². The van der Waals surface area contributed by atoms with Gasteiger partial charge in [0.1, 0.15) is 11.3 Å². The van der Waals surface area contributed by atoms with E-state index in [9.17, 15) is 24.0 Å². The number of carbonyl (C=O) groups is 5. The van der Waals surface area contributed by atoms with Crippen molar-refractivity contribution in [3.05, 3.63) is 18.2 Å². The van der Waals surface area contributed by atoms with Gasteiger partial charge in [-0.2, -0.15) is 0 Å². The lowest BCUT2D eigenvalue weighted by Gasteiger charge is -2.29. The van der Waals surface area contributed by atoms with E-state index in [1.165, 1.54) is 39.2 Å². The number of ketones is 1. The van der Waals surface area contributed by atoms with Crippen molar-refractivity contribution in [2.45, 2.75) is 53.1 Å². The van der Waals surface area contributed by atoms with Crippen LogP contribution in [0.4, 0.5) is 16.2 Å². The average molecular weight is 657 g/mol. The minimum atomic E-state index is -1.77. The van der Waals surface area contributed by atoms with Crippen LogP contribution in [-0.2, 0) is 19.2 Å². The van der Waals surface area contributed by atoms with E-state index in [1.807, 2.05) is 0 Å². The number of imide groups is 1. The molecule has 1 heterocycles. The summed E-state index contributed by atoms with van der Waals surface area (Å²) in [6, 6.07) is 1.67. The van der Waals surface area contributed by atoms with E-state index >= 15 is 0 Å². The molecule has 1 aromatic rings. The van der Waals surface area contributed by atoms with Gasteiger partial charge in [-0.1, -0.05) is 26.7 Å². The van der Waals surface area contributed by atoms with Gasteiger partial charge in [0.05, 0.1) is 12.8 Å². The van der Waals surface area contributed by atoms with Crippen molar-refractivity contribution in [2.24, 2.45) is 5.41 Å². The third kappa shape index (κ3) is 10.9. The van der Waals surface area contributed by atoms with Crippen LogP contribution in [0.25, 0.3) is 0 Å². The second-order valence-electron chi connectivity index (χ2n) is 10.7. The zero-order valence-corrected chi connectivity index (χ0v) is 26.7. The first-order valence-electron chi connectivity index (χ1n) is 13.7. The van der Waals surface area contributed by atoms with Gasteiger partial charge in [-0.3, -0.25) is 19.2 Å². The fourth-order valence-corrected chi connectivity index (χ4v) is 3.54. The maximum atomic E-state index is 13.5. The average Bonchev–Trinajstić information content (AvgIpc) is 3.20. The molecule has 0 aliphatic carbocycles. The molecular formula is C37H60N4O6. The maximum absolute atomic E-state index is 13.5. The van der Waals surface area contributed by atoms with Crippen molar-refractivity contribution in [1.82, 2.24) is 10.2 Å². The second-order valence-corrected chi connectivity index (χ2v) is 10.7. The molecule has 3 N–H and O–H groups in total. The molecule has 0 spiro atoms. The summed E-state index contributed by atoms with van der Waals surface area (Å²) in [5.41, 5.74) is -2.12. The number of hydrogen-bond acceptors (Lipinski definition) is 6. The zero-order valence-electron chi connectivity index (χ0n) is 26.7. The topological polar surface area (TPSA) is 134 Å². The van der Waals surface area contributed by atoms with Gasteiger partial charge in [-0.15, -0.1) is 0 Å². The van der Waals surface area contributed by atoms with Crippen LogP contribution in [0.1, 0.15) is 64.4 Å². The number of Topliss-reactive ketones (excluding diaryl/α,β-unsaturated/α-hetero) is 1. The first kappa shape index (κ1) is 36.2. The molecular weight excluding hydrogens is 596 g/mol. The lowest BCUT2D eigenvalue weighted by molar-refractivity contribution is -0.144. The molecule has 0 saturated carbocycles. The minimum absolute atomic E-state index is 0. The molecule has 1 saturated heterocycles. The molecule has 2 rings (SSSR count). The summed E-state index contributed by atoms with van der Waals surface area (Å²) in [4.78, 5) is 65.6. The highest BCUT2D eigenvalue weighted by Gasteiger charge is 2.53. The Morgan fingerprint density at radius 1 is 0.851 bits per heavy atom. The summed E-state index contributed by atoms with van der Waals surface area (Å²) in [5.74, 6) is 36.5. The van der Waals surface area contributed by atoms with Crippen LogP contribution in [0.5, 0.6) is 5.75 Å². The largest absolute Gasteiger partial charge is 0.495 e. The van der Waals surface area contributed by atoms with Crippen LogP contribution in [0.3, 0.4) is 0 Å². The van der Waals surface area contributed by atoms with E-state index in [0.717, 1.165) is 0 Å². The molecule has 0 aromatic heterocycles. The van der Waals surface area contributed by atoms with Gasteiger partial charge >= 0.3 is 11.9 Å². The number of nitrogens with zero attached hydrogens (tertiary/aromatic N) is 1. The first-order valence-corrected chi connectivity index (χ1v) is 13.7. The second kappa shape index (κ2) is 16.8. The quantitative estimate of drug-likeness (QED) is 0.199. The Balaban J connectivity index is -0.000000111. The molecule has 10 nitrogen and oxygen atoms in total. The molecule has 10 heteroatoms. The molecule has 5 amide bonds. The number of anilines is 2. The van der Waals surface area contributed by atoms with E-state index in [-0.39, 0.29) is 40.0 Å². The maximum Gasteiger partial charge on any atom is 0.326 e. The van der Waals surface area contributed by atoms with Crippen molar-refractivity contribution in [3.8, 4) is 100 Å². The number of hydrogen-bond donors (Lipinski definition) is 3. The third-order valence-corrected chi connectivity index (χ3v) is 5.71. The van der Waals surface area contributed by atoms with Gasteiger partial charge in [-0.25, -0.2) is 9.69 Å². The smallest absolute Gasteiger partial charge is 0.326 e. The van der Waals surface area contributed by atoms with Gasteiger partial charge in [0, 0.05) is 39.8 Å². The Hall–Kier alpha value is -6.95. The molecule has 1 atom stereocenters. The Bertz CT molecular complexity index is 2080. The van der Waals surface area contributed by atoms with E-state index in [0.29, 0.717) is 4.90 Å².